The first-order valence-corrected chi connectivity index (χ1v) is 5.93. The fraction of sp³-hybridized carbons (Fsp3) is 0.300. The van der Waals surface area contributed by atoms with E-state index in [9.17, 15) is 4.79 Å². The molecular formula is C10H12BrN5O. The molecule has 6 nitrogen and oxygen atoms in total. The van der Waals surface area contributed by atoms with Crippen molar-refractivity contribution >= 4 is 21.7 Å². The fourth-order valence-corrected chi connectivity index (χ4v) is 1.78. The van der Waals surface area contributed by atoms with Gasteiger partial charge in [-0.1, -0.05) is 0 Å². The van der Waals surface area contributed by atoms with Crippen LogP contribution in [-0.4, -0.2) is 25.8 Å². The quantitative estimate of drug-likeness (QED) is 0.890. The van der Waals surface area contributed by atoms with E-state index < -0.39 is 0 Å². The summed E-state index contributed by atoms with van der Waals surface area (Å²) >= 11 is 3.20. The van der Waals surface area contributed by atoms with Crippen LogP contribution < -0.4 is 10.9 Å². The molecule has 0 amide bonds. The minimum atomic E-state index is -0.200. The number of nitrogens with one attached hydrogen (secondary N) is 2. The van der Waals surface area contributed by atoms with Gasteiger partial charge in [0.2, 0.25) is 0 Å². The second kappa shape index (κ2) is 5.13. The van der Waals surface area contributed by atoms with E-state index in [4.69, 9.17) is 0 Å². The van der Waals surface area contributed by atoms with Crippen LogP contribution in [0.4, 0.5) is 5.82 Å². The molecule has 0 aliphatic heterocycles. The topological polar surface area (TPSA) is 75.6 Å². The van der Waals surface area contributed by atoms with Gasteiger partial charge in [0, 0.05) is 18.4 Å². The average Bonchev–Trinajstić information content (AvgIpc) is 2.77. The second-order valence-electron chi connectivity index (χ2n) is 3.67. The van der Waals surface area contributed by atoms with Gasteiger partial charge in [-0.05, 0) is 28.9 Å². The molecule has 0 fully saturated rings. The monoisotopic (exact) mass is 297 g/mol. The van der Waals surface area contributed by atoms with Crippen molar-refractivity contribution in [2.75, 3.05) is 5.32 Å². The molecule has 2 N–H and O–H groups in total. The highest BCUT2D eigenvalue weighted by Crippen LogP contribution is 2.14. The van der Waals surface area contributed by atoms with Crippen LogP contribution in [-0.2, 0) is 6.54 Å². The first-order valence-electron chi connectivity index (χ1n) is 5.14. The number of H-pyrrole nitrogens is 1. The molecule has 0 saturated carbocycles. The zero-order valence-electron chi connectivity index (χ0n) is 9.22. The Hall–Kier alpha value is -1.63. The Labute approximate surface area is 106 Å². The molecule has 17 heavy (non-hydrogen) atoms. The number of anilines is 1. The molecule has 0 radical (unpaired) electrons. The first-order chi connectivity index (χ1) is 8.16. The van der Waals surface area contributed by atoms with E-state index in [-0.39, 0.29) is 11.6 Å². The molecule has 0 saturated heterocycles. The van der Waals surface area contributed by atoms with Crippen molar-refractivity contribution in [3.63, 3.8) is 0 Å². The van der Waals surface area contributed by atoms with Gasteiger partial charge in [0.05, 0.1) is 12.9 Å². The van der Waals surface area contributed by atoms with E-state index >= 15 is 0 Å². The number of halogens is 1. The van der Waals surface area contributed by atoms with E-state index in [1.54, 1.807) is 6.20 Å². The normalized spacial score (nSPS) is 12.4. The molecular weight excluding hydrogens is 286 g/mol. The second-order valence-corrected chi connectivity index (χ2v) is 4.46. The molecule has 2 aromatic rings. The van der Waals surface area contributed by atoms with Crippen molar-refractivity contribution in [1.82, 2.24) is 19.7 Å². The van der Waals surface area contributed by atoms with Gasteiger partial charge < -0.3 is 10.3 Å². The Morgan fingerprint density at radius 2 is 2.47 bits per heavy atom. The maximum absolute atomic E-state index is 11.3. The van der Waals surface area contributed by atoms with Gasteiger partial charge in [0.1, 0.15) is 10.3 Å². The Morgan fingerprint density at radius 3 is 3.18 bits per heavy atom. The van der Waals surface area contributed by atoms with Crippen LogP contribution in [0, 0.1) is 0 Å². The van der Waals surface area contributed by atoms with E-state index in [1.165, 1.54) is 6.33 Å². The van der Waals surface area contributed by atoms with Crippen molar-refractivity contribution < 1.29 is 0 Å². The van der Waals surface area contributed by atoms with E-state index in [2.05, 4.69) is 36.3 Å². The molecule has 2 heterocycles. The highest BCUT2D eigenvalue weighted by atomic mass is 79.9. The van der Waals surface area contributed by atoms with Crippen molar-refractivity contribution in [2.24, 2.45) is 0 Å². The Kier molecular flexibility index (Phi) is 3.58. The van der Waals surface area contributed by atoms with Crippen LogP contribution in [0.3, 0.4) is 0 Å². The van der Waals surface area contributed by atoms with Gasteiger partial charge in [-0.15, -0.1) is 0 Å². The van der Waals surface area contributed by atoms with Gasteiger partial charge in [0.25, 0.3) is 5.56 Å². The minimum absolute atomic E-state index is 0.112. The van der Waals surface area contributed by atoms with E-state index in [1.807, 2.05) is 23.9 Å². The zero-order valence-corrected chi connectivity index (χ0v) is 10.8. The molecule has 7 heteroatoms. The summed E-state index contributed by atoms with van der Waals surface area (Å²) in [6.45, 7) is 2.70. The molecule has 0 bridgehead atoms. The van der Waals surface area contributed by atoms with Crippen molar-refractivity contribution in [2.45, 2.75) is 19.5 Å². The number of aromatic nitrogens is 4. The Balaban J connectivity index is 2.05. The van der Waals surface area contributed by atoms with Gasteiger partial charge in [0.15, 0.2) is 0 Å². The molecule has 0 spiro atoms. The van der Waals surface area contributed by atoms with Gasteiger partial charge in [-0.25, -0.2) is 4.98 Å². The standard InChI is InChI=1S/C10H12BrN5O/c1-7(5-16-4-2-3-14-16)15-9-8(11)10(17)13-6-12-9/h2-4,6-7H,5H2,1H3,(H2,12,13,15,17). The van der Waals surface area contributed by atoms with Crippen LogP contribution in [0.5, 0.6) is 0 Å². The molecule has 1 unspecified atom stereocenters. The number of aromatic amines is 1. The lowest BCUT2D eigenvalue weighted by Crippen LogP contribution is -2.24. The molecule has 2 aromatic heterocycles. The minimum Gasteiger partial charge on any atom is -0.365 e. The molecule has 90 valence electrons. The van der Waals surface area contributed by atoms with Crippen LogP contribution in [0.15, 0.2) is 34.1 Å². The third-order valence-corrected chi connectivity index (χ3v) is 2.94. The molecule has 0 aromatic carbocycles. The summed E-state index contributed by atoms with van der Waals surface area (Å²) in [5.74, 6) is 0.536. The van der Waals surface area contributed by atoms with E-state index in [0.717, 1.165) is 0 Å². The fourth-order valence-electron chi connectivity index (χ4n) is 1.45. The SMILES string of the molecule is CC(Cn1cccn1)Nc1nc[nH]c(=O)c1Br. The van der Waals surface area contributed by atoms with Gasteiger partial charge in [-0.3, -0.25) is 9.48 Å². The molecule has 1 atom stereocenters. The largest absolute Gasteiger partial charge is 0.365 e. The summed E-state index contributed by atoms with van der Waals surface area (Å²) in [5.41, 5.74) is -0.200. The first kappa shape index (κ1) is 11.8. The maximum Gasteiger partial charge on any atom is 0.267 e. The number of rotatable bonds is 4. The predicted molar refractivity (Wildman–Crippen MR) is 67.9 cm³/mol. The zero-order chi connectivity index (χ0) is 12.3. The lowest BCUT2D eigenvalue weighted by molar-refractivity contribution is 0.559. The van der Waals surface area contributed by atoms with Crippen molar-refractivity contribution in [3.8, 4) is 0 Å². The summed E-state index contributed by atoms with van der Waals surface area (Å²) in [6.07, 6.45) is 4.99. The van der Waals surface area contributed by atoms with Crippen molar-refractivity contribution in [1.29, 1.82) is 0 Å². The lowest BCUT2D eigenvalue weighted by atomic mass is 10.3. The lowest BCUT2D eigenvalue weighted by Gasteiger charge is -2.14. The summed E-state index contributed by atoms with van der Waals surface area (Å²) in [7, 11) is 0. The summed E-state index contributed by atoms with van der Waals surface area (Å²) in [6, 6.07) is 1.98. The Bertz CT molecular complexity index is 536. The number of nitrogens with zero attached hydrogens (tertiary/aromatic N) is 3. The number of hydrogen-bond donors (Lipinski definition) is 2. The third-order valence-electron chi connectivity index (χ3n) is 2.20. The van der Waals surface area contributed by atoms with Gasteiger partial charge >= 0.3 is 0 Å². The molecule has 0 aliphatic carbocycles. The summed E-state index contributed by atoms with van der Waals surface area (Å²) in [4.78, 5) is 17.9. The Morgan fingerprint density at radius 1 is 1.65 bits per heavy atom. The van der Waals surface area contributed by atoms with Gasteiger partial charge in [-0.2, -0.15) is 5.10 Å². The summed E-state index contributed by atoms with van der Waals surface area (Å²) in [5, 5.41) is 7.26. The third kappa shape index (κ3) is 2.94. The van der Waals surface area contributed by atoms with Crippen molar-refractivity contribution in [3.05, 3.63) is 39.6 Å². The van der Waals surface area contributed by atoms with Crippen LogP contribution in [0.25, 0.3) is 0 Å². The van der Waals surface area contributed by atoms with Crippen LogP contribution >= 0.6 is 15.9 Å². The highest BCUT2D eigenvalue weighted by Gasteiger charge is 2.09. The average molecular weight is 298 g/mol. The van der Waals surface area contributed by atoms with E-state index in [0.29, 0.717) is 16.8 Å². The summed E-state index contributed by atoms with van der Waals surface area (Å²) < 4.78 is 2.23. The van der Waals surface area contributed by atoms with Crippen LogP contribution in [0.2, 0.25) is 0 Å². The predicted octanol–water partition coefficient (Wildman–Crippen LogP) is 1.23. The highest BCUT2D eigenvalue weighted by molar-refractivity contribution is 9.10. The molecule has 2 rings (SSSR count). The maximum atomic E-state index is 11.3. The molecule has 0 aliphatic rings. The smallest absolute Gasteiger partial charge is 0.267 e. The van der Waals surface area contributed by atoms with Crippen LogP contribution in [0.1, 0.15) is 6.92 Å². The number of hydrogen-bond acceptors (Lipinski definition) is 4.